The lowest BCUT2D eigenvalue weighted by Crippen LogP contribution is -2.44. The van der Waals surface area contributed by atoms with E-state index in [2.05, 4.69) is 12.2 Å². The number of aliphatic hydroxyl groups is 4. The first-order valence-corrected chi connectivity index (χ1v) is 7.02. The molecule has 0 aromatic heterocycles. The maximum absolute atomic E-state index is 9.79. The van der Waals surface area contributed by atoms with E-state index in [9.17, 15) is 20.4 Å². The minimum Gasteiger partial charge on any atom is -0.396 e. The molecule has 1 saturated carbocycles. The zero-order valence-corrected chi connectivity index (χ0v) is 11.1. The van der Waals surface area contributed by atoms with Gasteiger partial charge in [-0.05, 0) is 13.0 Å². The summed E-state index contributed by atoms with van der Waals surface area (Å²) in [5.74, 6) is -0.495. The predicted molar refractivity (Wildman–Crippen MR) is 69.1 cm³/mol. The summed E-state index contributed by atoms with van der Waals surface area (Å²) in [7, 11) is 0. The Morgan fingerprint density at radius 1 is 0.889 bits per heavy atom. The molecule has 5 nitrogen and oxygen atoms in total. The average Bonchev–Trinajstić information content (AvgIpc) is 2.58. The van der Waals surface area contributed by atoms with E-state index in [0.29, 0.717) is 0 Å². The third-order valence-electron chi connectivity index (χ3n) is 3.84. The van der Waals surface area contributed by atoms with Gasteiger partial charge in [0.15, 0.2) is 0 Å². The standard InChI is InChI=1S/C13H27NO4/c1-2-3-4-5-6-7-14-10-9(8-15)11(16)13(18)12(10)17/h9-18H,2-8H2,1H3/t9-,10+,11+,12-,13-/m0/s1. The number of rotatable bonds is 8. The monoisotopic (exact) mass is 261 g/mol. The van der Waals surface area contributed by atoms with Gasteiger partial charge in [-0.3, -0.25) is 0 Å². The highest BCUT2D eigenvalue weighted by molar-refractivity contribution is 5.01. The van der Waals surface area contributed by atoms with Crippen molar-refractivity contribution >= 4 is 0 Å². The Labute approximate surface area is 109 Å². The zero-order chi connectivity index (χ0) is 13.5. The van der Waals surface area contributed by atoms with Crippen LogP contribution in [0.15, 0.2) is 0 Å². The van der Waals surface area contributed by atoms with E-state index in [1.807, 2.05) is 0 Å². The van der Waals surface area contributed by atoms with Gasteiger partial charge in [-0.1, -0.05) is 32.6 Å². The highest BCUT2D eigenvalue weighted by atomic mass is 16.4. The highest BCUT2D eigenvalue weighted by Gasteiger charge is 2.47. The van der Waals surface area contributed by atoms with Gasteiger partial charge in [-0.15, -0.1) is 0 Å². The fraction of sp³-hybridized carbons (Fsp3) is 1.00. The van der Waals surface area contributed by atoms with Crippen molar-refractivity contribution in [3.63, 3.8) is 0 Å². The van der Waals surface area contributed by atoms with Crippen LogP contribution in [0.3, 0.4) is 0 Å². The molecule has 0 aliphatic heterocycles. The Bertz CT molecular complexity index is 227. The van der Waals surface area contributed by atoms with Crippen molar-refractivity contribution in [2.45, 2.75) is 63.4 Å². The topological polar surface area (TPSA) is 93.0 Å². The molecule has 0 saturated heterocycles. The van der Waals surface area contributed by atoms with Gasteiger partial charge in [0.1, 0.15) is 6.10 Å². The first-order chi connectivity index (χ1) is 8.63. The van der Waals surface area contributed by atoms with E-state index < -0.39 is 30.3 Å². The first-order valence-electron chi connectivity index (χ1n) is 7.02. The van der Waals surface area contributed by atoms with Crippen LogP contribution in [0.1, 0.15) is 39.0 Å². The minimum absolute atomic E-state index is 0.233. The molecule has 0 heterocycles. The minimum atomic E-state index is -1.17. The molecule has 1 rings (SSSR count). The van der Waals surface area contributed by atoms with Crippen molar-refractivity contribution in [3.8, 4) is 0 Å². The second kappa shape index (κ2) is 8.07. The molecule has 0 radical (unpaired) electrons. The SMILES string of the molecule is CCCCCCCN[C@H]1[C@H](O)[C@@H](O)[C@H](O)[C@H]1CO. The van der Waals surface area contributed by atoms with Crippen molar-refractivity contribution in [3.05, 3.63) is 0 Å². The molecule has 108 valence electrons. The Hall–Kier alpha value is -0.200. The van der Waals surface area contributed by atoms with Crippen LogP contribution in [0.25, 0.3) is 0 Å². The average molecular weight is 261 g/mol. The Balaban J connectivity index is 2.27. The fourth-order valence-corrected chi connectivity index (χ4v) is 2.62. The summed E-state index contributed by atoms with van der Waals surface area (Å²) >= 11 is 0. The molecule has 5 atom stereocenters. The van der Waals surface area contributed by atoms with Crippen molar-refractivity contribution in [2.24, 2.45) is 5.92 Å². The van der Waals surface area contributed by atoms with Crippen LogP contribution in [0.2, 0.25) is 0 Å². The second-order valence-electron chi connectivity index (χ2n) is 5.21. The van der Waals surface area contributed by atoms with Gasteiger partial charge in [0.05, 0.1) is 18.8 Å². The summed E-state index contributed by atoms with van der Waals surface area (Å²) in [4.78, 5) is 0. The van der Waals surface area contributed by atoms with E-state index in [-0.39, 0.29) is 6.61 Å². The predicted octanol–water partition coefficient (Wildman–Crippen LogP) is -0.380. The first kappa shape index (κ1) is 15.9. The van der Waals surface area contributed by atoms with Gasteiger partial charge in [0.25, 0.3) is 0 Å². The molecule has 0 bridgehead atoms. The molecule has 0 aromatic carbocycles. The normalized spacial score (nSPS) is 36.2. The second-order valence-corrected chi connectivity index (χ2v) is 5.21. The van der Waals surface area contributed by atoms with Crippen LogP contribution < -0.4 is 5.32 Å². The number of hydrogen-bond acceptors (Lipinski definition) is 5. The number of hydrogen-bond donors (Lipinski definition) is 5. The van der Waals surface area contributed by atoms with Crippen molar-refractivity contribution in [1.29, 1.82) is 0 Å². The molecule has 1 aliphatic rings. The lowest BCUT2D eigenvalue weighted by Gasteiger charge is -2.22. The summed E-state index contributed by atoms with van der Waals surface area (Å²) in [6.45, 7) is 2.67. The maximum Gasteiger partial charge on any atom is 0.108 e. The van der Waals surface area contributed by atoms with Crippen LogP contribution in [0, 0.1) is 5.92 Å². The lowest BCUT2D eigenvalue weighted by atomic mass is 10.0. The third-order valence-corrected chi connectivity index (χ3v) is 3.84. The van der Waals surface area contributed by atoms with Crippen LogP contribution in [0.4, 0.5) is 0 Å². The fourth-order valence-electron chi connectivity index (χ4n) is 2.62. The molecule has 0 aromatic rings. The van der Waals surface area contributed by atoms with Gasteiger partial charge in [0.2, 0.25) is 0 Å². The molecule has 5 heteroatoms. The Morgan fingerprint density at radius 2 is 1.56 bits per heavy atom. The van der Waals surface area contributed by atoms with Crippen molar-refractivity contribution < 1.29 is 20.4 Å². The third kappa shape index (κ3) is 3.90. The molecule has 5 N–H and O–H groups in total. The maximum atomic E-state index is 9.79. The number of unbranched alkanes of at least 4 members (excludes halogenated alkanes) is 4. The Morgan fingerprint density at radius 3 is 2.17 bits per heavy atom. The van der Waals surface area contributed by atoms with Gasteiger partial charge in [-0.2, -0.15) is 0 Å². The van der Waals surface area contributed by atoms with Crippen molar-refractivity contribution in [2.75, 3.05) is 13.2 Å². The van der Waals surface area contributed by atoms with Crippen LogP contribution in [-0.2, 0) is 0 Å². The Kier molecular flexibility index (Phi) is 7.11. The van der Waals surface area contributed by atoms with E-state index >= 15 is 0 Å². The van der Waals surface area contributed by atoms with E-state index in [4.69, 9.17) is 0 Å². The van der Waals surface area contributed by atoms with E-state index in [0.717, 1.165) is 19.4 Å². The van der Waals surface area contributed by atoms with Crippen LogP contribution in [0.5, 0.6) is 0 Å². The molecule has 0 spiro atoms. The molecule has 18 heavy (non-hydrogen) atoms. The quantitative estimate of drug-likeness (QED) is 0.384. The number of nitrogens with one attached hydrogen (secondary N) is 1. The smallest absolute Gasteiger partial charge is 0.108 e. The van der Waals surface area contributed by atoms with Gasteiger partial charge in [-0.25, -0.2) is 0 Å². The van der Waals surface area contributed by atoms with Crippen molar-refractivity contribution in [1.82, 2.24) is 5.32 Å². The van der Waals surface area contributed by atoms with E-state index in [1.54, 1.807) is 0 Å². The summed E-state index contributed by atoms with van der Waals surface area (Å²) in [5, 5.41) is 41.3. The largest absolute Gasteiger partial charge is 0.396 e. The molecule has 1 aliphatic carbocycles. The lowest BCUT2D eigenvalue weighted by molar-refractivity contribution is -0.0311. The molecule has 1 fully saturated rings. The van der Waals surface area contributed by atoms with E-state index in [1.165, 1.54) is 19.3 Å². The summed E-state index contributed by atoms with van der Waals surface area (Å²) in [6, 6.07) is -0.425. The van der Waals surface area contributed by atoms with Crippen LogP contribution in [-0.4, -0.2) is 57.9 Å². The molecular weight excluding hydrogens is 234 g/mol. The summed E-state index contributed by atoms with van der Waals surface area (Å²) in [6.07, 6.45) is 2.57. The van der Waals surface area contributed by atoms with Gasteiger partial charge in [0, 0.05) is 12.0 Å². The highest BCUT2D eigenvalue weighted by Crippen LogP contribution is 2.27. The molecule has 0 unspecified atom stereocenters. The van der Waals surface area contributed by atoms with Crippen LogP contribution >= 0.6 is 0 Å². The zero-order valence-electron chi connectivity index (χ0n) is 11.1. The van der Waals surface area contributed by atoms with Gasteiger partial charge >= 0.3 is 0 Å². The van der Waals surface area contributed by atoms with Gasteiger partial charge < -0.3 is 25.7 Å². The molecular formula is C13H27NO4. The number of aliphatic hydroxyl groups excluding tert-OH is 4. The summed E-state index contributed by atoms with van der Waals surface area (Å²) < 4.78 is 0. The molecule has 0 amide bonds. The summed E-state index contributed by atoms with van der Waals surface area (Å²) in [5.41, 5.74) is 0.